The molecule has 0 radical (unpaired) electrons. The fourth-order valence-corrected chi connectivity index (χ4v) is 2.58. The third kappa shape index (κ3) is 14.0. The Bertz CT molecular complexity index is 311. The predicted octanol–water partition coefficient (Wildman–Crippen LogP) is 0.208. The van der Waals surface area contributed by atoms with Crippen molar-refractivity contribution >= 4 is 9.84 Å². The van der Waals surface area contributed by atoms with E-state index in [9.17, 15) is 8.42 Å². The second kappa shape index (κ2) is 9.66. The summed E-state index contributed by atoms with van der Waals surface area (Å²) in [5.41, 5.74) is 5.30. The van der Waals surface area contributed by atoms with Gasteiger partial charge >= 0.3 is 0 Å². The average Bonchev–Trinajstić information content (AvgIpc) is 2.29. The molecular formula is C12H27NO5S. The van der Waals surface area contributed by atoms with Crippen LogP contribution in [0.1, 0.15) is 20.3 Å². The van der Waals surface area contributed by atoms with Crippen molar-refractivity contribution in [2.45, 2.75) is 25.8 Å². The van der Waals surface area contributed by atoms with Gasteiger partial charge in [-0.25, -0.2) is 8.42 Å². The molecule has 0 unspecified atom stereocenters. The Kier molecular flexibility index (Phi) is 9.55. The minimum atomic E-state index is -3.08. The number of sulfone groups is 1. The van der Waals surface area contributed by atoms with Crippen molar-refractivity contribution < 1.29 is 22.6 Å². The third-order valence-electron chi connectivity index (χ3n) is 2.40. The molecule has 0 aliphatic carbocycles. The highest BCUT2D eigenvalue weighted by molar-refractivity contribution is 7.91. The van der Waals surface area contributed by atoms with Gasteiger partial charge in [0.1, 0.15) is 0 Å². The molecule has 0 aliphatic rings. The van der Waals surface area contributed by atoms with E-state index in [4.69, 9.17) is 19.9 Å². The van der Waals surface area contributed by atoms with Crippen molar-refractivity contribution in [3.63, 3.8) is 0 Å². The summed E-state index contributed by atoms with van der Waals surface area (Å²) in [6, 6.07) is 0. The van der Waals surface area contributed by atoms with Crippen molar-refractivity contribution in [2.24, 2.45) is 5.73 Å². The molecule has 0 fully saturated rings. The van der Waals surface area contributed by atoms with Gasteiger partial charge in [0.2, 0.25) is 0 Å². The molecule has 0 aromatic rings. The Morgan fingerprint density at radius 1 is 0.947 bits per heavy atom. The first kappa shape index (κ1) is 18.8. The first-order valence-electron chi connectivity index (χ1n) is 6.40. The molecule has 0 aromatic carbocycles. The fraction of sp³-hybridized carbons (Fsp3) is 1.00. The fourth-order valence-electron chi connectivity index (χ4n) is 1.17. The lowest BCUT2D eigenvalue weighted by atomic mass is 10.0. The molecule has 0 saturated carbocycles. The molecule has 19 heavy (non-hydrogen) atoms. The number of methoxy groups -OCH3 is 1. The molecule has 0 aliphatic heterocycles. The van der Waals surface area contributed by atoms with Gasteiger partial charge in [-0.15, -0.1) is 0 Å². The van der Waals surface area contributed by atoms with Gasteiger partial charge in [-0.1, -0.05) is 0 Å². The van der Waals surface area contributed by atoms with Crippen LogP contribution in [0.15, 0.2) is 0 Å². The van der Waals surface area contributed by atoms with Crippen LogP contribution in [0.4, 0.5) is 0 Å². The summed E-state index contributed by atoms with van der Waals surface area (Å²) in [6.45, 7) is 5.72. The highest BCUT2D eigenvalue weighted by Crippen LogP contribution is 2.06. The van der Waals surface area contributed by atoms with E-state index in [1.165, 1.54) is 0 Å². The minimum Gasteiger partial charge on any atom is -0.382 e. The number of ether oxygens (including phenoxy) is 3. The number of rotatable bonds is 12. The van der Waals surface area contributed by atoms with Crippen LogP contribution >= 0.6 is 0 Å². The van der Waals surface area contributed by atoms with Gasteiger partial charge in [0.05, 0.1) is 44.5 Å². The highest BCUT2D eigenvalue weighted by Gasteiger charge is 2.17. The molecule has 0 aromatic heterocycles. The Hall–Kier alpha value is -0.210. The third-order valence-corrected chi connectivity index (χ3v) is 4.01. The highest BCUT2D eigenvalue weighted by atomic mass is 32.2. The van der Waals surface area contributed by atoms with Crippen LogP contribution in [0.5, 0.6) is 0 Å². The van der Waals surface area contributed by atoms with Crippen LogP contribution in [-0.2, 0) is 24.0 Å². The van der Waals surface area contributed by atoms with Gasteiger partial charge in [-0.05, 0) is 20.3 Å². The van der Waals surface area contributed by atoms with Gasteiger partial charge in [-0.3, -0.25) is 0 Å². The van der Waals surface area contributed by atoms with Crippen LogP contribution in [0, 0.1) is 0 Å². The lowest BCUT2D eigenvalue weighted by molar-refractivity contribution is 0.0284. The van der Waals surface area contributed by atoms with Crippen LogP contribution in [0.3, 0.4) is 0 Å². The SMILES string of the molecule is COCCOCCOCCS(=O)(=O)CCC(C)(C)N. The molecule has 0 saturated heterocycles. The monoisotopic (exact) mass is 297 g/mol. The van der Waals surface area contributed by atoms with E-state index in [1.807, 2.05) is 13.8 Å². The van der Waals surface area contributed by atoms with Crippen LogP contribution < -0.4 is 5.73 Å². The number of nitrogens with two attached hydrogens (primary N) is 1. The van der Waals surface area contributed by atoms with Gasteiger partial charge in [0.15, 0.2) is 9.84 Å². The predicted molar refractivity (Wildman–Crippen MR) is 75.1 cm³/mol. The van der Waals surface area contributed by atoms with Crippen molar-refractivity contribution in [2.75, 3.05) is 51.6 Å². The Balaban J connectivity index is 3.54. The molecule has 7 heteroatoms. The molecule has 0 bridgehead atoms. The topological polar surface area (TPSA) is 87.9 Å². The van der Waals surface area contributed by atoms with Crippen molar-refractivity contribution in [3.05, 3.63) is 0 Å². The van der Waals surface area contributed by atoms with Crippen molar-refractivity contribution in [1.29, 1.82) is 0 Å². The molecule has 0 rings (SSSR count). The molecule has 0 heterocycles. The quantitative estimate of drug-likeness (QED) is 0.518. The zero-order valence-corrected chi connectivity index (χ0v) is 13.0. The second-order valence-electron chi connectivity index (χ2n) is 5.11. The summed E-state index contributed by atoms with van der Waals surface area (Å²) in [5.74, 6) is 0.130. The lowest BCUT2D eigenvalue weighted by Crippen LogP contribution is -2.34. The summed E-state index contributed by atoms with van der Waals surface area (Å²) in [7, 11) is -1.48. The van der Waals surface area contributed by atoms with Crippen LogP contribution in [0.25, 0.3) is 0 Å². The molecule has 0 spiro atoms. The average molecular weight is 297 g/mol. The second-order valence-corrected chi connectivity index (χ2v) is 7.41. The first-order chi connectivity index (χ1) is 8.77. The molecule has 6 nitrogen and oxygen atoms in total. The maximum absolute atomic E-state index is 11.7. The van der Waals surface area contributed by atoms with E-state index in [0.717, 1.165) is 0 Å². The summed E-state index contributed by atoms with van der Waals surface area (Å²) in [5, 5.41) is 0. The lowest BCUT2D eigenvalue weighted by Gasteiger charge is -2.17. The van der Waals surface area contributed by atoms with E-state index >= 15 is 0 Å². The Morgan fingerprint density at radius 3 is 2.00 bits per heavy atom. The Labute approximate surface area is 116 Å². The van der Waals surface area contributed by atoms with Gasteiger partial charge in [0.25, 0.3) is 0 Å². The maximum Gasteiger partial charge on any atom is 0.152 e. The summed E-state index contributed by atoms with van der Waals surface area (Å²) in [4.78, 5) is 0. The van der Waals surface area contributed by atoms with E-state index in [2.05, 4.69) is 0 Å². The van der Waals surface area contributed by atoms with Crippen molar-refractivity contribution in [3.8, 4) is 0 Å². The summed E-state index contributed by atoms with van der Waals surface area (Å²) >= 11 is 0. The summed E-state index contributed by atoms with van der Waals surface area (Å²) < 4.78 is 38.5. The molecular weight excluding hydrogens is 270 g/mol. The molecule has 116 valence electrons. The summed E-state index contributed by atoms with van der Waals surface area (Å²) in [6.07, 6.45) is 0.454. The standard InChI is InChI=1S/C12H27NO5S/c1-12(2,13)4-10-19(14,15)11-9-18-8-7-17-6-5-16-3/h4-11,13H2,1-3H3. The van der Waals surface area contributed by atoms with Gasteiger partial charge < -0.3 is 19.9 Å². The van der Waals surface area contributed by atoms with Crippen LogP contribution in [0.2, 0.25) is 0 Å². The zero-order valence-electron chi connectivity index (χ0n) is 12.2. The van der Waals surface area contributed by atoms with E-state index in [0.29, 0.717) is 32.8 Å². The molecule has 2 N–H and O–H groups in total. The van der Waals surface area contributed by atoms with E-state index in [-0.39, 0.29) is 18.1 Å². The van der Waals surface area contributed by atoms with Gasteiger partial charge in [0, 0.05) is 12.6 Å². The van der Waals surface area contributed by atoms with Crippen molar-refractivity contribution in [1.82, 2.24) is 0 Å². The number of hydrogen-bond acceptors (Lipinski definition) is 6. The van der Waals surface area contributed by atoms with Crippen LogP contribution in [-0.4, -0.2) is 65.6 Å². The van der Waals surface area contributed by atoms with E-state index in [1.54, 1.807) is 7.11 Å². The van der Waals surface area contributed by atoms with E-state index < -0.39 is 15.4 Å². The molecule has 0 amide bonds. The Morgan fingerprint density at radius 2 is 1.47 bits per heavy atom. The largest absolute Gasteiger partial charge is 0.382 e. The molecule has 0 atom stereocenters. The first-order valence-corrected chi connectivity index (χ1v) is 8.23. The minimum absolute atomic E-state index is 0.0289. The smallest absolute Gasteiger partial charge is 0.152 e. The zero-order chi connectivity index (χ0) is 14.8. The number of hydrogen-bond donors (Lipinski definition) is 1. The maximum atomic E-state index is 11.7. The van der Waals surface area contributed by atoms with Gasteiger partial charge in [-0.2, -0.15) is 0 Å². The normalized spacial score (nSPS) is 12.8.